The molecule has 17 heavy (non-hydrogen) atoms. The van der Waals surface area contributed by atoms with Gasteiger partial charge in [0.15, 0.2) is 11.5 Å². The lowest BCUT2D eigenvalue weighted by Gasteiger charge is -2.18. The number of likely N-dealkylation sites (N-methyl/N-ethyl adjacent to an activating group) is 1. The topological polar surface area (TPSA) is 59.6 Å². The Morgan fingerprint density at radius 3 is 2.71 bits per heavy atom. The maximum absolute atomic E-state index is 11.3. The van der Waals surface area contributed by atoms with Crippen LogP contribution in [0.3, 0.4) is 0 Å². The van der Waals surface area contributed by atoms with Crippen LogP contribution in [0.4, 0.5) is 5.69 Å². The van der Waals surface area contributed by atoms with Gasteiger partial charge in [0, 0.05) is 11.8 Å². The zero-order valence-corrected chi connectivity index (χ0v) is 10.3. The number of nitrogens with one attached hydrogen (secondary N) is 2. The summed E-state index contributed by atoms with van der Waals surface area (Å²) >= 11 is 0. The van der Waals surface area contributed by atoms with Crippen LogP contribution in [0, 0.1) is 0 Å². The van der Waals surface area contributed by atoms with Gasteiger partial charge in [0.2, 0.25) is 5.91 Å². The Balaban J connectivity index is 0.00000144. The third-order valence-corrected chi connectivity index (χ3v) is 2.16. The molecule has 0 atom stereocenters. The normalized spacial score (nSPS) is 12.5. The molecule has 0 spiro atoms. The van der Waals surface area contributed by atoms with E-state index in [-0.39, 0.29) is 24.9 Å². The minimum Gasteiger partial charge on any atom is -0.486 e. The van der Waals surface area contributed by atoms with Gasteiger partial charge >= 0.3 is 0 Å². The van der Waals surface area contributed by atoms with Gasteiger partial charge in [-0.15, -0.1) is 12.4 Å². The molecule has 0 unspecified atom stereocenters. The Morgan fingerprint density at radius 1 is 1.29 bits per heavy atom. The summed E-state index contributed by atoms with van der Waals surface area (Å²) in [5.41, 5.74) is 0.713. The molecule has 0 radical (unpaired) electrons. The van der Waals surface area contributed by atoms with Crippen molar-refractivity contribution in [3.63, 3.8) is 0 Å². The molecule has 2 N–H and O–H groups in total. The van der Waals surface area contributed by atoms with Crippen LogP contribution in [0.15, 0.2) is 18.2 Å². The van der Waals surface area contributed by atoms with E-state index in [4.69, 9.17) is 9.47 Å². The summed E-state index contributed by atoms with van der Waals surface area (Å²) in [6.45, 7) is 1.40. The second kappa shape index (κ2) is 6.32. The van der Waals surface area contributed by atoms with Crippen molar-refractivity contribution in [2.75, 3.05) is 32.1 Å². The van der Waals surface area contributed by atoms with Gasteiger partial charge < -0.3 is 20.1 Å². The number of amides is 1. The van der Waals surface area contributed by atoms with Gasteiger partial charge in [-0.3, -0.25) is 4.79 Å². The summed E-state index contributed by atoms with van der Waals surface area (Å²) in [7, 11) is 1.73. The molecule has 5 nitrogen and oxygen atoms in total. The van der Waals surface area contributed by atoms with Crippen molar-refractivity contribution in [1.29, 1.82) is 0 Å². The van der Waals surface area contributed by atoms with Crippen LogP contribution in [-0.4, -0.2) is 32.7 Å². The van der Waals surface area contributed by atoms with Crippen molar-refractivity contribution in [2.45, 2.75) is 0 Å². The molecule has 0 bridgehead atoms. The zero-order valence-electron chi connectivity index (χ0n) is 9.49. The average Bonchev–Trinajstić information content (AvgIpc) is 2.29. The predicted octanol–water partition coefficient (Wildman–Crippen LogP) is 1.04. The van der Waals surface area contributed by atoms with Crippen molar-refractivity contribution >= 4 is 24.0 Å². The highest BCUT2D eigenvalue weighted by Gasteiger charge is 2.12. The number of ether oxygens (including phenoxy) is 2. The van der Waals surface area contributed by atoms with Gasteiger partial charge in [0.05, 0.1) is 6.54 Å². The van der Waals surface area contributed by atoms with Crippen LogP contribution in [-0.2, 0) is 4.79 Å². The fourth-order valence-corrected chi connectivity index (χ4v) is 1.49. The highest BCUT2D eigenvalue weighted by Crippen LogP contribution is 2.32. The fraction of sp³-hybridized carbons (Fsp3) is 0.364. The van der Waals surface area contributed by atoms with E-state index in [1.165, 1.54) is 0 Å². The lowest BCUT2D eigenvalue weighted by atomic mass is 10.2. The maximum Gasteiger partial charge on any atom is 0.238 e. The highest BCUT2D eigenvalue weighted by molar-refractivity contribution is 5.92. The summed E-state index contributed by atoms with van der Waals surface area (Å²) in [6, 6.07) is 5.35. The molecular formula is C11H15ClN2O3. The number of fused-ring (bicyclic) bond motifs is 1. The van der Waals surface area contributed by atoms with E-state index >= 15 is 0 Å². The van der Waals surface area contributed by atoms with Crippen molar-refractivity contribution < 1.29 is 14.3 Å². The average molecular weight is 259 g/mol. The van der Waals surface area contributed by atoms with E-state index in [1.54, 1.807) is 25.2 Å². The lowest BCUT2D eigenvalue weighted by Crippen LogP contribution is -2.25. The number of rotatable bonds is 3. The van der Waals surface area contributed by atoms with Crippen LogP contribution >= 0.6 is 12.4 Å². The van der Waals surface area contributed by atoms with E-state index in [2.05, 4.69) is 10.6 Å². The highest BCUT2D eigenvalue weighted by atomic mass is 35.5. The Morgan fingerprint density at radius 2 is 2.00 bits per heavy atom. The van der Waals surface area contributed by atoms with Gasteiger partial charge in [-0.25, -0.2) is 0 Å². The summed E-state index contributed by atoms with van der Waals surface area (Å²) in [5, 5.41) is 5.54. The molecule has 6 heteroatoms. The molecule has 1 aliphatic heterocycles. The van der Waals surface area contributed by atoms with Crippen LogP contribution in [0.25, 0.3) is 0 Å². The lowest BCUT2D eigenvalue weighted by molar-refractivity contribution is -0.115. The predicted molar refractivity (Wildman–Crippen MR) is 67.2 cm³/mol. The first-order valence-electron chi connectivity index (χ1n) is 5.13. The summed E-state index contributed by atoms with van der Waals surface area (Å²) < 4.78 is 10.8. The summed E-state index contributed by atoms with van der Waals surface area (Å²) in [4.78, 5) is 11.3. The number of anilines is 1. The van der Waals surface area contributed by atoms with Gasteiger partial charge in [0.25, 0.3) is 0 Å². The number of carbonyl (C=O) groups is 1. The number of halogens is 1. The molecular weight excluding hydrogens is 244 g/mol. The van der Waals surface area contributed by atoms with Crippen LogP contribution in [0.5, 0.6) is 11.5 Å². The molecule has 0 saturated heterocycles. The quantitative estimate of drug-likeness (QED) is 0.851. The van der Waals surface area contributed by atoms with Gasteiger partial charge in [-0.2, -0.15) is 0 Å². The van der Waals surface area contributed by atoms with Crippen molar-refractivity contribution in [1.82, 2.24) is 5.32 Å². The van der Waals surface area contributed by atoms with Crippen molar-refractivity contribution in [3.8, 4) is 11.5 Å². The third kappa shape index (κ3) is 3.51. The van der Waals surface area contributed by atoms with Gasteiger partial charge in [0.1, 0.15) is 13.2 Å². The molecule has 1 aliphatic rings. The molecule has 1 aromatic carbocycles. The molecule has 0 aliphatic carbocycles. The van der Waals surface area contributed by atoms with Crippen molar-refractivity contribution in [3.05, 3.63) is 18.2 Å². The van der Waals surface area contributed by atoms with Crippen LogP contribution in [0.1, 0.15) is 0 Å². The largest absolute Gasteiger partial charge is 0.486 e. The Bertz CT molecular complexity index is 398. The molecule has 0 aromatic heterocycles. The number of benzene rings is 1. The number of hydrogen-bond acceptors (Lipinski definition) is 4. The first kappa shape index (κ1) is 13.6. The van der Waals surface area contributed by atoms with E-state index in [1.807, 2.05) is 0 Å². The first-order chi connectivity index (χ1) is 7.79. The standard InChI is InChI=1S/C11H14N2O3.ClH/c1-12-7-11(14)13-8-2-3-9-10(6-8)16-5-4-15-9;/h2-3,6,12H,4-5,7H2,1H3,(H,13,14);1H. The maximum atomic E-state index is 11.3. The summed E-state index contributed by atoms with van der Waals surface area (Å²) in [6.07, 6.45) is 0. The second-order valence-corrected chi connectivity index (χ2v) is 3.44. The molecule has 1 aromatic rings. The van der Waals surface area contributed by atoms with Crippen LogP contribution < -0.4 is 20.1 Å². The Hall–Kier alpha value is -1.46. The fourth-order valence-electron chi connectivity index (χ4n) is 1.49. The van der Waals surface area contributed by atoms with Crippen LogP contribution in [0.2, 0.25) is 0 Å². The first-order valence-corrected chi connectivity index (χ1v) is 5.13. The molecule has 1 heterocycles. The Kier molecular flexibility index (Phi) is 5.06. The van der Waals surface area contributed by atoms with Gasteiger partial charge in [-0.1, -0.05) is 0 Å². The zero-order chi connectivity index (χ0) is 11.4. The second-order valence-electron chi connectivity index (χ2n) is 3.44. The monoisotopic (exact) mass is 258 g/mol. The van der Waals surface area contributed by atoms with Crippen molar-refractivity contribution in [2.24, 2.45) is 0 Å². The number of hydrogen-bond donors (Lipinski definition) is 2. The minimum absolute atomic E-state index is 0. The molecule has 2 rings (SSSR count). The number of carbonyl (C=O) groups excluding carboxylic acids is 1. The smallest absolute Gasteiger partial charge is 0.238 e. The van der Waals surface area contributed by atoms with E-state index < -0.39 is 0 Å². The summed E-state index contributed by atoms with van der Waals surface area (Å²) in [5.74, 6) is 1.31. The van der Waals surface area contributed by atoms with E-state index in [0.29, 0.717) is 24.7 Å². The van der Waals surface area contributed by atoms with Gasteiger partial charge in [-0.05, 0) is 19.2 Å². The Labute approximate surface area is 106 Å². The SMILES string of the molecule is CNCC(=O)Nc1ccc2c(c1)OCCO2.Cl. The molecule has 0 saturated carbocycles. The minimum atomic E-state index is -0.0841. The van der Waals surface area contributed by atoms with E-state index in [9.17, 15) is 4.79 Å². The van der Waals surface area contributed by atoms with E-state index in [0.717, 1.165) is 5.75 Å². The molecule has 0 fully saturated rings. The molecule has 94 valence electrons. The third-order valence-electron chi connectivity index (χ3n) is 2.16. The molecule has 1 amide bonds.